The van der Waals surface area contributed by atoms with Gasteiger partial charge < -0.3 is 15.0 Å². The average molecular weight is 403 g/mol. The summed E-state index contributed by atoms with van der Waals surface area (Å²) in [6.45, 7) is 5.62. The molecule has 0 unspecified atom stereocenters. The van der Waals surface area contributed by atoms with Crippen LogP contribution in [0.4, 0.5) is 0 Å². The minimum atomic E-state index is -0.778. The molecule has 1 N–H and O–H groups in total. The topological polar surface area (TPSA) is 75.7 Å². The van der Waals surface area contributed by atoms with Crippen LogP contribution in [-0.2, 0) is 25.5 Å². The Balaban J connectivity index is 1.83. The smallest absolute Gasteiger partial charge is 0.329 e. The number of likely N-dealkylation sites (N-methyl/N-ethyl adjacent to an activating group) is 1. The van der Waals surface area contributed by atoms with Gasteiger partial charge in [-0.3, -0.25) is 9.59 Å². The molecule has 0 saturated heterocycles. The lowest BCUT2D eigenvalue weighted by atomic mass is 9.87. The lowest BCUT2D eigenvalue weighted by Crippen LogP contribution is -2.47. The molecule has 0 heterocycles. The zero-order chi connectivity index (χ0) is 21.4. The van der Waals surface area contributed by atoms with Crippen molar-refractivity contribution < 1.29 is 19.1 Å². The molecule has 6 heteroatoms. The first-order valence-corrected chi connectivity index (χ1v) is 10.5. The van der Waals surface area contributed by atoms with Gasteiger partial charge in [-0.1, -0.05) is 51.1 Å². The van der Waals surface area contributed by atoms with Crippen molar-refractivity contribution in [3.8, 4) is 0 Å². The van der Waals surface area contributed by atoms with Gasteiger partial charge in [0.25, 0.3) is 5.91 Å². The Morgan fingerprint density at radius 3 is 2.31 bits per heavy atom. The Kier molecular flexibility index (Phi) is 8.68. The Bertz CT molecular complexity index is 681. The van der Waals surface area contributed by atoms with E-state index in [2.05, 4.69) is 12.2 Å². The zero-order valence-corrected chi connectivity index (χ0v) is 18.0. The van der Waals surface area contributed by atoms with Crippen LogP contribution in [0.15, 0.2) is 30.3 Å². The molecule has 2 rings (SSSR count). The SMILES string of the molecule is CC1CCC(N(C)C(=O)COC(=O)[C@@H](NC(=O)Cc2ccccc2)C(C)C)CC1. The summed E-state index contributed by atoms with van der Waals surface area (Å²) in [6.07, 6.45) is 4.40. The van der Waals surface area contributed by atoms with Crippen LogP contribution in [0.1, 0.15) is 52.0 Å². The maximum atomic E-state index is 12.5. The molecule has 0 spiro atoms. The van der Waals surface area contributed by atoms with Gasteiger partial charge in [-0.05, 0) is 43.1 Å². The van der Waals surface area contributed by atoms with Gasteiger partial charge >= 0.3 is 5.97 Å². The first-order valence-electron chi connectivity index (χ1n) is 10.5. The summed E-state index contributed by atoms with van der Waals surface area (Å²) in [7, 11) is 1.78. The van der Waals surface area contributed by atoms with E-state index in [4.69, 9.17) is 4.74 Å². The molecule has 0 aromatic heterocycles. The molecule has 0 aliphatic heterocycles. The number of hydrogen-bond donors (Lipinski definition) is 1. The number of esters is 1. The lowest BCUT2D eigenvalue weighted by Gasteiger charge is -2.33. The van der Waals surface area contributed by atoms with Gasteiger partial charge in [-0.15, -0.1) is 0 Å². The van der Waals surface area contributed by atoms with E-state index in [1.165, 1.54) is 0 Å². The van der Waals surface area contributed by atoms with Gasteiger partial charge in [0.1, 0.15) is 6.04 Å². The summed E-state index contributed by atoms with van der Waals surface area (Å²) in [5.74, 6) is -0.447. The van der Waals surface area contributed by atoms with Crippen LogP contribution in [0.25, 0.3) is 0 Å². The highest BCUT2D eigenvalue weighted by atomic mass is 16.5. The van der Waals surface area contributed by atoms with Crippen molar-refractivity contribution >= 4 is 17.8 Å². The first kappa shape index (κ1) is 22.9. The molecule has 1 aromatic carbocycles. The summed E-state index contributed by atoms with van der Waals surface area (Å²) >= 11 is 0. The minimum Gasteiger partial charge on any atom is -0.454 e. The first-order chi connectivity index (χ1) is 13.8. The highest BCUT2D eigenvalue weighted by molar-refractivity contribution is 5.87. The Labute approximate surface area is 174 Å². The molecule has 1 saturated carbocycles. The van der Waals surface area contributed by atoms with Crippen LogP contribution in [0.2, 0.25) is 0 Å². The van der Waals surface area contributed by atoms with E-state index < -0.39 is 12.0 Å². The fourth-order valence-corrected chi connectivity index (χ4v) is 3.66. The quantitative estimate of drug-likeness (QED) is 0.679. The molecule has 1 aliphatic carbocycles. The van der Waals surface area contributed by atoms with Gasteiger partial charge in [0.15, 0.2) is 6.61 Å². The summed E-state index contributed by atoms with van der Waals surface area (Å²) < 4.78 is 5.27. The summed E-state index contributed by atoms with van der Waals surface area (Å²) in [5.41, 5.74) is 0.875. The number of carbonyl (C=O) groups is 3. The van der Waals surface area contributed by atoms with Crippen LogP contribution in [0.3, 0.4) is 0 Å². The van der Waals surface area contributed by atoms with Crippen LogP contribution < -0.4 is 5.32 Å². The highest BCUT2D eigenvalue weighted by Crippen LogP contribution is 2.26. The van der Waals surface area contributed by atoms with Crippen molar-refractivity contribution in [2.75, 3.05) is 13.7 Å². The fraction of sp³-hybridized carbons (Fsp3) is 0.609. The molecule has 2 amide bonds. The van der Waals surface area contributed by atoms with E-state index in [1.807, 2.05) is 44.2 Å². The maximum Gasteiger partial charge on any atom is 0.329 e. The second-order valence-electron chi connectivity index (χ2n) is 8.48. The van der Waals surface area contributed by atoms with Gasteiger partial charge in [0.2, 0.25) is 5.91 Å². The van der Waals surface area contributed by atoms with Crippen molar-refractivity contribution in [1.82, 2.24) is 10.2 Å². The molecular formula is C23H34N2O4. The molecule has 1 atom stereocenters. The highest BCUT2D eigenvalue weighted by Gasteiger charge is 2.28. The van der Waals surface area contributed by atoms with E-state index in [9.17, 15) is 14.4 Å². The number of nitrogens with one attached hydrogen (secondary N) is 1. The minimum absolute atomic E-state index is 0.144. The monoisotopic (exact) mass is 402 g/mol. The van der Waals surface area contributed by atoms with Gasteiger partial charge in [-0.25, -0.2) is 4.79 Å². The molecule has 160 valence electrons. The maximum absolute atomic E-state index is 12.5. The van der Waals surface area contributed by atoms with Crippen molar-refractivity contribution in [3.05, 3.63) is 35.9 Å². The van der Waals surface area contributed by atoms with Crippen LogP contribution in [0.5, 0.6) is 0 Å². The number of nitrogens with zero attached hydrogens (tertiary/aromatic N) is 1. The predicted molar refractivity (Wildman–Crippen MR) is 112 cm³/mol. The number of carbonyl (C=O) groups excluding carboxylic acids is 3. The largest absolute Gasteiger partial charge is 0.454 e. The molecule has 0 radical (unpaired) electrons. The van der Waals surface area contributed by atoms with Crippen LogP contribution >= 0.6 is 0 Å². The fourth-order valence-electron chi connectivity index (χ4n) is 3.66. The Morgan fingerprint density at radius 2 is 1.72 bits per heavy atom. The third-order valence-corrected chi connectivity index (χ3v) is 5.71. The second kappa shape index (κ2) is 11.0. The normalized spacial score (nSPS) is 20.0. The third-order valence-electron chi connectivity index (χ3n) is 5.71. The third kappa shape index (κ3) is 7.18. The number of ether oxygens (including phenoxy) is 1. The van der Waals surface area contributed by atoms with Crippen molar-refractivity contribution in [2.45, 2.75) is 65.0 Å². The molecule has 6 nitrogen and oxygen atoms in total. The number of benzene rings is 1. The van der Waals surface area contributed by atoms with Crippen molar-refractivity contribution in [1.29, 1.82) is 0 Å². The summed E-state index contributed by atoms with van der Waals surface area (Å²) in [6, 6.07) is 8.78. The van der Waals surface area contributed by atoms with Crippen molar-refractivity contribution in [3.63, 3.8) is 0 Å². The molecule has 1 aliphatic rings. The Hall–Kier alpha value is -2.37. The van der Waals surface area contributed by atoms with Crippen LogP contribution in [0, 0.1) is 11.8 Å². The zero-order valence-electron chi connectivity index (χ0n) is 18.0. The molecule has 0 bridgehead atoms. The summed E-state index contributed by atoms with van der Waals surface area (Å²) in [4.78, 5) is 39.0. The standard InChI is InChI=1S/C23H34N2O4/c1-16(2)22(24-20(26)14-18-8-6-5-7-9-18)23(28)29-15-21(27)25(4)19-12-10-17(3)11-13-19/h5-9,16-17,19,22H,10-15H2,1-4H3,(H,24,26)/t17?,19?,22-/m0/s1. The van der Waals surface area contributed by atoms with Gasteiger partial charge in [0, 0.05) is 13.1 Å². The van der Waals surface area contributed by atoms with Crippen molar-refractivity contribution in [2.24, 2.45) is 11.8 Å². The molecule has 1 aromatic rings. The number of amides is 2. The number of rotatable bonds is 8. The van der Waals surface area contributed by atoms with E-state index in [1.54, 1.807) is 11.9 Å². The van der Waals surface area contributed by atoms with Crippen LogP contribution in [-0.4, -0.2) is 48.4 Å². The van der Waals surface area contributed by atoms with Gasteiger partial charge in [-0.2, -0.15) is 0 Å². The summed E-state index contributed by atoms with van der Waals surface area (Å²) in [5, 5.41) is 2.75. The van der Waals surface area contributed by atoms with E-state index >= 15 is 0 Å². The van der Waals surface area contributed by atoms with Gasteiger partial charge in [0.05, 0.1) is 6.42 Å². The molecule has 1 fully saturated rings. The van der Waals surface area contributed by atoms with E-state index in [-0.39, 0.29) is 36.8 Å². The second-order valence-corrected chi connectivity index (χ2v) is 8.48. The molecular weight excluding hydrogens is 368 g/mol. The Morgan fingerprint density at radius 1 is 1.10 bits per heavy atom. The predicted octanol–water partition coefficient (Wildman–Crippen LogP) is 2.95. The molecule has 29 heavy (non-hydrogen) atoms. The van der Waals surface area contributed by atoms with E-state index in [0.717, 1.165) is 31.2 Å². The van der Waals surface area contributed by atoms with E-state index in [0.29, 0.717) is 5.92 Å². The average Bonchev–Trinajstić information content (AvgIpc) is 2.70. The lowest BCUT2D eigenvalue weighted by molar-refractivity contribution is -0.156. The number of hydrogen-bond acceptors (Lipinski definition) is 4.